The van der Waals surface area contributed by atoms with Gasteiger partial charge in [0.2, 0.25) is 0 Å². The molecular weight excluding hydrogens is 186 g/mol. The van der Waals surface area contributed by atoms with E-state index in [1.54, 1.807) is 6.20 Å². The molecule has 1 aromatic carbocycles. The van der Waals surface area contributed by atoms with Gasteiger partial charge < -0.3 is 5.32 Å². The van der Waals surface area contributed by atoms with E-state index >= 15 is 0 Å². The third-order valence-corrected chi connectivity index (χ3v) is 2.15. The Balaban J connectivity index is 2.17. The van der Waals surface area contributed by atoms with E-state index in [1.165, 1.54) is 0 Å². The van der Waals surface area contributed by atoms with Gasteiger partial charge in [-0.3, -0.25) is 5.10 Å². The quantitative estimate of drug-likeness (QED) is 0.801. The molecule has 0 unspecified atom stereocenters. The molecule has 2 N–H and O–H groups in total. The highest BCUT2D eigenvalue weighted by atomic mass is 15.1. The third-order valence-electron chi connectivity index (χ3n) is 2.15. The van der Waals surface area contributed by atoms with Crippen LogP contribution in [-0.4, -0.2) is 16.2 Å². The molecule has 0 atom stereocenters. The molecule has 1 aromatic heterocycles. The SMILES string of the molecule is CC(C)Nc1ccc(-c2ccn[nH]2)cc1. The summed E-state index contributed by atoms with van der Waals surface area (Å²) in [5, 5.41) is 10.2. The van der Waals surface area contributed by atoms with Crippen molar-refractivity contribution in [3.05, 3.63) is 36.5 Å². The molecule has 78 valence electrons. The maximum Gasteiger partial charge on any atom is 0.0650 e. The number of aromatic amines is 1. The molecule has 0 saturated heterocycles. The van der Waals surface area contributed by atoms with Crippen molar-refractivity contribution in [3.63, 3.8) is 0 Å². The summed E-state index contributed by atoms with van der Waals surface area (Å²) in [5.74, 6) is 0. The summed E-state index contributed by atoms with van der Waals surface area (Å²) in [5.41, 5.74) is 3.35. The smallest absolute Gasteiger partial charge is 0.0650 e. The average Bonchev–Trinajstić information content (AvgIpc) is 2.71. The summed E-state index contributed by atoms with van der Waals surface area (Å²) in [6.45, 7) is 4.26. The van der Waals surface area contributed by atoms with Gasteiger partial charge in [-0.1, -0.05) is 12.1 Å². The molecule has 0 bridgehead atoms. The van der Waals surface area contributed by atoms with Gasteiger partial charge in [0.25, 0.3) is 0 Å². The van der Waals surface area contributed by atoms with Crippen LogP contribution in [0.3, 0.4) is 0 Å². The largest absolute Gasteiger partial charge is 0.383 e. The summed E-state index contributed by atoms with van der Waals surface area (Å²) >= 11 is 0. The zero-order chi connectivity index (χ0) is 10.7. The van der Waals surface area contributed by atoms with E-state index in [0.717, 1.165) is 16.9 Å². The lowest BCUT2D eigenvalue weighted by molar-refractivity contribution is 0.900. The fourth-order valence-electron chi connectivity index (χ4n) is 1.50. The first-order valence-corrected chi connectivity index (χ1v) is 5.12. The topological polar surface area (TPSA) is 40.7 Å². The third kappa shape index (κ3) is 2.37. The van der Waals surface area contributed by atoms with Gasteiger partial charge in [0.15, 0.2) is 0 Å². The average molecular weight is 201 g/mol. The number of hydrogen-bond donors (Lipinski definition) is 2. The van der Waals surface area contributed by atoms with Crippen LogP contribution in [0.4, 0.5) is 5.69 Å². The van der Waals surface area contributed by atoms with Crippen molar-refractivity contribution in [3.8, 4) is 11.3 Å². The van der Waals surface area contributed by atoms with Crippen LogP contribution in [0.2, 0.25) is 0 Å². The summed E-state index contributed by atoms with van der Waals surface area (Å²) in [4.78, 5) is 0. The van der Waals surface area contributed by atoms with Crippen LogP contribution >= 0.6 is 0 Å². The first-order valence-electron chi connectivity index (χ1n) is 5.12. The molecule has 0 radical (unpaired) electrons. The highest BCUT2D eigenvalue weighted by molar-refractivity contribution is 5.62. The Kier molecular flexibility index (Phi) is 2.72. The molecule has 0 fully saturated rings. The van der Waals surface area contributed by atoms with Gasteiger partial charge in [0.05, 0.1) is 5.69 Å². The van der Waals surface area contributed by atoms with E-state index in [1.807, 2.05) is 6.07 Å². The first kappa shape index (κ1) is 9.77. The van der Waals surface area contributed by atoms with Gasteiger partial charge in [-0.05, 0) is 37.6 Å². The predicted octanol–water partition coefficient (Wildman–Crippen LogP) is 2.90. The minimum absolute atomic E-state index is 0.461. The lowest BCUT2D eigenvalue weighted by Crippen LogP contribution is -2.09. The van der Waals surface area contributed by atoms with E-state index in [9.17, 15) is 0 Å². The van der Waals surface area contributed by atoms with E-state index in [4.69, 9.17) is 0 Å². The van der Waals surface area contributed by atoms with Crippen molar-refractivity contribution in [1.82, 2.24) is 10.2 Å². The maximum absolute atomic E-state index is 3.93. The second-order valence-electron chi connectivity index (χ2n) is 3.85. The van der Waals surface area contributed by atoms with Gasteiger partial charge in [-0.2, -0.15) is 5.10 Å². The fourth-order valence-corrected chi connectivity index (χ4v) is 1.50. The van der Waals surface area contributed by atoms with Crippen molar-refractivity contribution in [2.75, 3.05) is 5.32 Å². The number of aromatic nitrogens is 2. The van der Waals surface area contributed by atoms with E-state index in [-0.39, 0.29) is 0 Å². The molecule has 15 heavy (non-hydrogen) atoms. The number of anilines is 1. The number of rotatable bonds is 3. The molecule has 2 rings (SSSR count). The molecule has 3 heteroatoms. The predicted molar refractivity (Wildman–Crippen MR) is 62.8 cm³/mol. The first-order chi connectivity index (χ1) is 7.25. The molecule has 0 aliphatic heterocycles. The maximum atomic E-state index is 3.93. The number of nitrogens with one attached hydrogen (secondary N) is 2. The van der Waals surface area contributed by atoms with Crippen molar-refractivity contribution >= 4 is 5.69 Å². The Morgan fingerprint density at radius 3 is 2.40 bits per heavy atom. The van der Waals surface area contributed by atoms with Crippen LogP contribution in [0.1, 0.15) is 13.8 Å². The van der Waals surface area contributed by atoms with Crippen molar-refractivity contribution < 1.29 is 0 Å². The van der Waals surface area contributed by atoms with Crippen LogP contribution in [-0.2, 0) is 0 Å². The zero-order valence-electron chi connectivity index (χ0n) is 8.99. The number of hydrogen-bond acceptors (Lipinski definition) is 2. The van der Waals surface area contributed by atoms with Crippen LogP contribution in [0.15, 0.2) is 36.5 Å². The molecule has 1 heterocycles. The number of H-pyrrole nitrogens is 1. The lowest BCUT2D eigenvalue weighted by Gasteiger charge is -2.09. The Labute approximate surface area is 89.5 Å². The Morgan fingerprint density at radius 1 is 1.13 bits per heavy atom. The summed E-state index contributed by atoms with van der Waals surface area (Å²) < 4.78 is 0. The van der Waals surface area contributed by atoms with E-state index < -0.39 is 0 Å². The van der Waals surface area contributed by atoms with Crippen LogP contribution in [0.5, 0.6) is 0 Å². The van der Waals surface area contributed by atoms with Gasteiger partial charge in [-0.25, -0.2) is 0 Å². The van der Waals surface area contributed by atoms with Gasteiger partial charge >= 0.3 is 0 Å². The van der Waals surface area contributed by atoms with Gasteiger partial charge in [0.1, 0.15) is 0 Å². The molecule has 0 aliphatic carbocycles. The normalized spacial score (nSPS) is 10.6. The zero-order valence-corrected chi connectivity index (χ0v) is 8.99. The van der Waals surface area contributed by atoms with Gasteiger partial charge in [0, 0.05) is 17.9 Å². The summed E-state index contributed by atoms with van der Waals surface area (Å²) in [6.07, 6.45) is 1.76. The minimum Gasteiger partial charge on any atom is -0.383 e. The molecule has 0 amide bonds. The highest BCUT2D eigenvalue weighted by Gasteiger charge is 1.99. The Bertz CT molecular complexity index is 401. The van der Waals surface area contributed by atoms with Crippen LogP contribution in [0.25, 0.3) is 11.3 Å². The van der Waals surface area contributed by atoms with Crippen molar-refractivity contribution in [2.45, 2.75) is 19.9 Å². The second kappa shape index (κ2) is 4.17. The minimum atomic E-state index is 0.461. The standard InChI is InChI=1S/C12H15N3/c1-9(2)14-11-5-3-10(4-6-11)12-7-8-13-15-12/h3-9,14H,1-2H3,(H,13,15). The molecule has 3 nitrogen and oxygen atoms in total. The van der Waals surface area contributed by atoms with Crippen molar-refractivity contribution in [2.24, 2.45) is 0 Å². The Hall–Kier alpha value is -1.77. The molecular formula is C12H15N3. The van der Waals surface area contributed by atoms with E-state index in [0.29, 0.717) is 6.04 Å². The molecule has 2 aromatic rings. The monoisotopic (exact) mass is 201 g/mol. The summed E-state index contributed by atoms with van der Waals surface area (Å²) in [6, 6.07) is 10.7. The van der Waals surface area contributed by atoms with E-state index in [2.05, 4.69) is 53.6 Å². The fraction of sp³-hybridized carbons (Fsp3) is 0.250. The van der Waals surface area contributed by atoms with Crippen LogP contribution < -0.4 is 5.32 Å². The highest BCUT2D eigenvalue weighted by Crippen LogP contribution is 2.19. The second-order valence-corrected chi connectivity index (χ2v) is 3.85. The number of nitrogens with zero attached hydrogens (tertiary/aromatic N) is 1. The molecule has 0 saturated carbocycles. The number of benzene rings is 1. The lowest BCUT2D eigenvalue weighted by atomic mass is 10.1. The van der Waals surface area contributed by atoms with Crippen molar-refractivity contribution in [1.29, 1.82) is 0 Å². The van der Waals surface area contributed by atoms with Crippen LogP contribution in [0, 0.1) is 0 Å². The molecule has 0 aliphatic rings. The summed E-state index contributed by atoms with van der Waals surface area (Å²) in [7, 11) is 0. The van der Waals surface area contributed by atoms with Gasteiger partial charge in [-0.15, -0.1) is 0 Å². The Morgan fingerprint density at radius 2 is 1.87 bits per heavy atom. The molecule has 0 spiro atoms.